The minimum Gasteiger partial charge on any atom is -0.497 e. The number of ether oxygens (including phenoxy) is 2. The average Bonchev–Trinajstić information content (AvgIpc) is 3.14. The summed E-state index contributed by atoms with van der Waals surface area (Å²) >= 11 is 1.78. The van der Waals surface area contributed by atoms with E-state index in [1.54, 1.807) is 25.6 Å². The number of aliphatic imine (C=N–C) groups is 1. The number of hydrogen-bond acceptors (Lipinski definition) is 4. The maximum atomic E-state index is 5.49. The highest BCUT2D eigenvalue weighted by Crippen LogP contribution is 2.25. The third kappa shape index (κ3) is 5.67. The van der Waals surface area contributed by atoms with Crippen molar-refractivity contribution in [1.29, 1.82) is 0 Å². The number of rotatable bonds is 8. The van der Waals surface area contributed by atoms with E-state index in [2.05, 4.69) is 34.7 Å². The van der Waals surface area contributed by atoms with Gasteiger partial charge in [-0.15, -0.1) is 11.3 Å². The van der Waals surface area contributed by atoms with Gasteiger partial charge in [-0.2, -0.15) is 0 Å². The molecule has 0 amide bonds. The Bertz CT molecular complexity index is 671. The first-order valence-corrected chi connectivity index (χ1v) is 9.28. The van der Waals surface area contributed by atoms with E-state index in [-0.39, 0.29) is 0 Å². The Morgan fingerprint density at radius 3 is 2.72 bits per heavy atom. The lowest BCUT2D eigenvalue weighted by Crippen LogP contribution is -2.38. The average molecular weight is 362 g/mol. The fourth-order valence-electron chi connectivity index (χ4n) is 2.51. The fourth-order valence-corrected chi connectivity index (χ4v) is 3.21. The van der Waals surface area contributed by atoms with Crippen LogP contribution in [0.15, 0.2) is 40.7 Å². The smallest absolute Gasteiger partial charge is 0.193 e. The first-order chi connectivity index (χ1) is 12.2. The van der Waals surface area contributed by atoms with Crippen LogP contribution in [0.25, 0.3) is 0 Å². The largest absolute Gasteiger partial charge is 0.497 e. The lowest BCUT2D eigenvalue weighted by molar-refractivity contribution is 0.382. The standard InChI is InChI=1S/C19H27N3O2S/c1-5-20-19(21-11-10-17-7-6-12-25-17)22(2)14-15-8-9-16(23-3)13-18(15)24-4/h6-9,12-13H,5,10-11,14H2,1-4H3,(H,20,21). The highest BCUT2D eigenvalue weighted by molar-refractivity contribution is 7.09. The molecule has 5 nitrogen and oxygen atoms in total. The Kier molecular flexibility index (Phi) is 7.60. The molecule has 0 atom stereocenters. The summed E-state index contributed by atoms with van der Waals surface area (Å²) in [6.07, 6.45) is 0.965. The zero-order chi connectivity index (χ0) is 18.1. The van der Waals surface area contributed by atoms with Gasteiger partial charge in [0.25, 0.3) is 0 Å². The quantitative estimate of drug-likeness (QED) is 0.578. The highest BCUT2D eigenvalue weighted by atomic mass is 32.1. The Hall–Kier alpha value is -2.21. The van der Waals surface area contributed by atoms with Gasteiger partial charge in [0, 0.05) is 49.6 Å². The van der Waals surface area contributed by atoms with Crippen molar-refractivity contribution in [3.05, 3.63) is 46.2 Å². The normalized spacial score (nSPS) is 11.3. The van der Waals surface area contributed by atoms with Crippen LogP contribution in [0.4, 0.5) is 0 Å². The van der Waals surface area contributed by atoms with Crippen LogP contribution in [0.5, 0.6) is 11.5 Å². The van der Waals surface area contributed by atoms with Gasteiger partial charge in [0.15, 0.2) is 5.96 Å². The molecule has 25 heavy (non-hydrogen) atoms. The van der Waals surface area contributed by atoms with Crippen molar-refractivity contribution in [3.8, 4) is 11.5 Å². The van der Waals surface area contributed by atoms with Crippen LogP contribution >= 0.6 is 11.3 Å². The summed E-state index contributed by atoms with van der Waals surface area (Å²) in [5, 5.41) is 5.46. The second-order valence-corrected chi connectivity index (χ2v) is 6.63. The monoisotopic (exact) mass is 361 g/mol. The second-order valence-electron chi connectivity index (χ2n) is 5.60. The lowest BCUT2D eigenvalue weighted by atomic mass is 10.2. The summed E-state index contributed by atoms with van der Waals surface area (Å²) in [5.74, 6) is 2.51. The zero-order valence-corrected chi connectivity index (χ0v) is 16.2. The van der Waals surface area contributed by atoms with Gasteiger partial charge in [-0.05, 0) is 30.5 Å². The number of hydrogen-bond donors (Lipinski definition) is 1. The third-order valence-electron chi connectivity index (χ3n) is 3.80. The molecule has 0 saturated heterocycles. The molecule has 0 spiro atoms. The second kappa shape index (κ2) is 9.93. The molecule has 1 heterocycles. The van der Waals surface area contributed by atoms with Crippen molar-refractivity contribution in [3.63, 3.8) is 0 Å². The highest BCUT2D eigenvalue weighted by Gasteiger charge is 2.11. The Morgan fingerprint density at radius 2 is 2.08 bits per heavy atom. The van der Waals surface area contributed by atoms with E-state index in [0.717, 1.165) is 42.5 Å². The molecule has 0 saturated carbocycles. The molecular weight excluding hydrogens is 334 g/mol. The maximum Gasteiger partial charge on any atom is 0.193 e. The van der Waals surface area contributed by atoms with Crippen molar-refractivity contribution in [1.82, 2.24) is 10.2 Å². The van der Waals surface area contributed by atoms with Crippen molar-refractivity contribution in [2.75, 3.05) is 34.4 Å². The minimum absolute atomic E-state index is 0.706. The van der Waals surface area contributed by atoms with Crippen molar-refractivity contribution < 1.29 is 9.47 Å². The molecule has 0 bridgehead atoms. The van der Waals surface area contributed by atoms with Crippen LogP contribution in [0.2, 0.25) is 0 Å². The minimum atomic E-state index is 0.706. The fraction of sp³-hybridized carbons (Fsp3) is 0.421. The summed E-state index contributed by atoms with van der Waals surface area (Å²) < 4.78 is 10.8. The van der Waals surface area contributed by atoms with Gasteiger partial charge in [0.2, 0.25) is 0 Å². The Morgan fingerprint density at radius 1 is 1.24 bits per heavy atom. The topological polar surface area (TPSA) is 46.1 Å². The number of nitrogens with one attached hydrogen (secondary N) is 1. The molecule has 0 aliphatic carbocycles. The molecule has 0 fully saturated rings. The number of thiophene rings is 1. The molecule has 6 heteroatoms. The van der Waals surface area contributed by atoms with E-state index in [4.69, 9.17) is 14.5 Å². The van der Waals surface area contributed by atoms with E-state index in [1.807, 2.05) is 25.2 Å². The number of guanidine groups is 1. The number of methoxy groups -OCH3 is 2. The summed E-state index contributed by atoms with van der Waals surface area (Å²) in [6, 6.07) is 10.1. The molecular formula is C19H27N3O2S. The van der Waals surface area contributed by atoms with E-state index in [1.165, 1.54) is 4.88 Å². The van der Waals surface area contributed by atoms with Gasteiger partial charge >= 0.3 is 0 Å². The predicted molar refractivity (Wildman–Crippen MR) is 105 cm³/mol. The first-order valence-electron chi connectivity index (χ1n) is 8.40. The summed E-state index contributed by atoms with van der Waals surface area (Å²) in [5.41, 5.74) is 1.09. The third-order valence-corrected chi connectivity index (χ3v) is 4.73. The van der Waals surface area contributed by atoms with Gasteiger partial charge in [-0.1, -0.05) is 6.07 Å². The van der Waals surface area contributed by atoms with Crippen molar-refractivity contribution in [2.45, 2.75) is 19.9 Å². The van der Waals surface area contributed by atoms with E-state index >= 15 is 0 Å². The van der Waals surface area contributed by atoms with Crippen LogP contribution in [0.3, 0.4) is 0 Å². The van der Waals surface area contributed by atoms with Gasteiger partial charge in [-0.3, -0.25) is 4.99 Å². The Balaban J connectivity index is 2.05. The first kappa shape index (κ1) is 19.1. The van der Waals surface area contributed by atoms with Gasteiger partial charge in [0.05, 0.1) is 14.2 Å². The zero-order valence-electron chi connectivity index (χ0n) is 15.4. The molecule has 0 aliphatic rings. The van der Waals surface area contributed by atoms with Gasteiger partial charge in [0.1, 0.15) is 11.5 Å². The summed E-state index contributed by atoms with van der Waals surface area (Å²) in [4.78, 5) is 8.22. The van der Waals surface area contributed by atoms with Crippen LogP contribution < -0.4 is 14.8 Å². The molecule has 136 valence electrons. The molecule has 1 aromatic heterocycles. The molecule has 2 aromatic rings. The van der Waals surface area contributed by atoms with E-state index < -0.39 is 0 Å². The summed E-state index contributed by atoms with van der Waals surface area (Å²) in [7, 11) is 5.37. The van der Waals surface area contributed by atoms with Crippen LogP contribution in [0, 0.1) is 0 Å². The van der Waals surface area contributed by atoms with E-state index in [0.29, 0.717) is 6.54 Å². The molecule has 2 rings (SSSR count). The number of nitrogens with zero attached hydrogens (tertiary/aromatic N) is 2. The molecule has 0 radical (unpaired) electrons. The van der Waals surface area contributed by atoms with Crippen LogP contribution in [0.1, 0.15) is 17.4 Å². The van der Waals surface area contributed by atoms with Crippen molar-refractivity contribution in [2.24, 2.45) is 4.99 Å². The van der Waals surface area contributed by atoms with Crippen LogP contribution in [-0.2, 0) is 13.0 Å². The van der Waals surface area contributed by atoms with Crippen LogP contribution in [-0.4, -0.2) is 45.2 Å². The van der Waals surface area contributed by atoms with E-state index in [9.17, 15) is 0 Å². The molecule has 0 aliphatic heterocycles. The van der Waals surface area contributed by atoms with Gasteiger partial charge in [-0.25, -0.2) is 0 Å². The lowest BCUT2D eigenvalue weighted by Gasteiger charge is -2.23. The maximum absolute atomic E-state index is 5.49. The molecule has 1 N–H and O–H groups in total. The van der Waals surface area contributed by atoms with Gasteiger partial charge < -0.3 is 19.7 Å². The summed E-state index contributed by atoms with van der Waals surface area (Å²) in [6.45, 7) is 4.39. The van der Waals surface area contributed by atoms with Crippen molar-refractivity contribution >= 4 is 17.3 Å². The molecule has 1 aromatic carbocycles. The molecule has 0 unspecified atom stereocenters. The predicted octanol–water partition coefficient (Wildman–Crippen LogP) is 3.41. The number of benzene rings is 1. The SMILES string of the molecule is CCNC(=NCCc1cccs1)N(C)Cc1ccc(OC)cc1OC. The Labute approximate surface area is 154 Å².